The molecule has 0 spiro atoms. The van der Waals surface area contributed by atoms with Crippen LogP contribution in [0, 0.1) is 13.8 Å². The number of aryl methyl sites for hydroxylation is 2. The Kier molecular flexibility index (Phi) is 4.61. The molecule has 6 heteroatoms. The van der Waals surface area contributed by atoms with Crippen LogP contribution in [0.5, 0.6) is 0 Å². The number of pyridine rings is 1. The first-order valence-corrected chi connectivity index (χ1v) is 8.80. The largest absolute Gasteiger partial charge is 0.367 e. The van der Waals surface area contributed by atoms with Gasteiger partial charge in [0.15, 0.2) is 0 Å². The third-order valence-electron chi connectivity index (χ3n) is 4.32. The molecule has 0 aliphatic carbocycles. The van der Waals surface area contributed by atoms with Gasteiger partial charge >= 0.3 is 0 Å². The Morgan fingerprint density at radius 3 is 2.61 bits per heavy atom. The summed E-state index contributed by atoms with van der Waals surface area (Å²) in [5.74, 6) is 0.0299. The van der Waals surface area contributed by atoms with Gasteiger partial charge in [0.2, 0.25) is 5.91 Å². The van der Waals surface area contributed by atoms with Crippen molar-refractivity contribution in [2.24, 2.45) is 0 Å². The van der Waals surface area contributed by atoms with Crippen LogP contribution in [-0.2, 0) is 4.79 Å². The lowest BCUT2D eigenvalue weighted by Gasteiger charge is -2.37. The predicted molar refractivity (Wildman–Crippen MR) is 93.0 cm³/mol. The Hall–Kier alpha value is -1.95. The lowest BCUT2D eigenvalue weighted by Crippen LogP contribution is -2.50. The van der Waals surface area contributed by atoms with Gasteiger partial charge in [0.1, 0.15) is 5.01 Å². The summed E-state index contributed by atoms with van der Waals surface area (Å²) in [7, 11) is 0. The third kappa shape index (κ3) is 3.37. The maximum Gasteiger partial charge on any atom is 0.232 e. The first kappa shape index (κ1) is 15.9. The van der Waals surface area contributed by atoms with E-state index >= 15 is 0 Å². The molecule has 1 atom stereocenters. The van der Waals surface area contributed by atoms with E-state index in [1.165, 1.54) is 11.3 Å². The summed E-state index contributed by atoms with van der Waals surface area (Å²) < 4.78 is 0. The molecule has 0 radical (unpaired) electrons. The minimum absolute atomic E-state index is 0.152. The van der Waals surface area contributed by atoms with Gasteiger partial charge in [-0.3, -0.25) is 9.78 Å². The standard InChI is InChI=1S/C17H22N4OS/c1-12-4-5-18-10-15(12)20-6-8-21(9-7-20)17(22)14(3)16-19-13(2)11-23-16/h4-5,10-11,14H,6-9H2,1-3H3. The minimum Gasteiger partial charge on any atom is -0.367 e. The van der Waals surface area contributed by atoms with Crippen LogP contribution in [0.1, 0.15) is 29.1 Å². The number of thiazole rings is 1. The summed E-state index contributed by atoms with van der Waals surface area (Å²) in [5, 5.41) is 2.92. The van der Waals surface area contributed by atoms with Crippen LogP contribution >= 0.6 is 11.3 Å². The molecule has 1 aliphatic rings. The van der Waals surface area contributed by atoms with Crippen molar-refractivity contribution in [3.63, 3.8) is 0 Å². The van der Waals surface area contributed by atoms with Crippen molar-refractivity contribution in [2.45, 2.75) is 26.7 Å². The predicted octanol–water partition coefficient (Wildman–Crippen LogP) is 2.61. The second-order valence-electron chi connectivity index (χ2n) is 6.02. The fraction of sp³-hybridized carbons (Fsp3) is 0.471. The summed E-state index contributed by atoms with van der Waals surface area (Å²) in [6.07, 6.45) is 3.73. The number of carbonyl (C=O) groups is 1. The van der Waals surface area contributed by atoms with Crippen LogP contribution in [0.25, 0.3) is 0 Å². The van der Waals surface area contributed by atoms with Gasteiger partial charge < -0.3 is 9.80 Å². The minimum atomic E-state index is -0.152. The lowest BCUT2D eigenvalue weighted by atomic mass is 10.1. The normalized spacial score (nSPS) is 16.5. The Labute approximate surface area is 141 Å². The molecule has 0 saturated carbocycles. The van der Waals surface area contributed by atoms with Crippen molar-refractivity contribution in [3.8, 4) is 0 Å². The fourth-order valence-electron chi connectivity index (χ4n) is 2.91. The van der Waals surface area contributed by atoms with Gasteiger partial charge in [0.25, 0.3) is 0 Å². The number of carbonyl (C=O) groups excluding carboxylic acids is 1. The van der Waals surface area contributed by atoms with E-state index in [4.69, 9.17) is 0 Å². The van der Waals surface area contributed by atoms with E-state index in [0.717, 1.165) is 36.9 Å². The van der Waals surface area contributed by atoms with Gasteiger partial charge in [-0.2, -0.15) is 0 Å². The third-order valence-corrected chi connectivity index (χ3v) is 5.47. The van der Waals surface area contributed by atoms with Crippen molar-refractivity contribution >= 4 is 22.9 Å². The molecule has 122 valence electrons. The molecule has 1 saturated heterocycles. The monoisotopic (exact) mass is 330 g/mol. The van der Waals surface area contributed by atoms with Crippen LogP contribution in [0.4, 0.5) is 5.69 Å². The first-order valence-electron chi connectivity index (χ1n) is 7.92. The van der Waals surface area contributed by atoms with Gasteiger partial charge in [0, 0.05) is 43.4 Å². The molecule has 0 bridgehead atoms. The number of aromatic nitrogens is 2. The fourth-order valence-corrected chi connectivity index (χ4v) is 3.75. The van der Waals surface area contributed by atoms with Gasteiger partial charge in [-0.1, -0.05) is 0 Å². The molecule has 1 amide bonds. The second kappa shape index (κ2) is 6.66. The molecule has 1 aliphatic heterocycles. The lowest BCUT2D eigenvalue weighted by molar-refractivity contribution is -0.132. The Morgan fingerprint density at radius 1 is 1.26 bits per heavy atom. The number of rotatable bonds is 3. The maximum atomic E-state index is 12.7. The molecular weight excluding hydrogens is 308 g/mol. The van der Waals surface area contributed by atoms with E-state index in [-0.39, 0.29) is 11.8 Å². The zero-order chi connectivity index (χ0) is 16.4. The van der Waals surface area contributed by atoms with Crippen LogP contribution in [-0.4, -0.2) is 47.0 Å². The van der Waals surface area contributed by atoms with Gasteiger partial charge in [0.05, 0.1) is 17.8 Å². The summed E-state index contributed by atoms with van der Waals surface area (Å²) in [4.78, 5) is 25.6. The number of anilines is 1. The van der Waals surface area contributed by atoms with Crippen LogP contribution in [0.15, 0.2) is 23.8 Å². The van der Waals surface area contributed by atoms with E-state index < -0.39 is 0 Å². The number of hydrogen-bond acceptors (Lipinski definition) is 5. The van der Waals surface area contributed by atoms with E-state index in [9.17, 15) is 4.79 Å². The van der Waals surface area contributed by atoms with E-state index in [1.54, 1.807) is 11.3 Å². The number of piperazine rings is 1. The quantitative estimate of drug-likeness (QED) is 0.868. The average Bonchev–Trinajstić information content (AvgIpc) is 3.01. The van der Waals surface area contributed by atoms with E-state index in [0.29, 0.717) is 0 Å². The molecule has 3 heterocycles. The van der Waals surface area contributed by atoms with Crippen molar-refractivity contribution in [2.75, 3.05) is 31.1 Å². The molecule has 0 N–H and O–H groups in total. The molecule has 0 aromatic carbocycles. The Balaban J connectivity index is 1.62. The van der Waals surface area contributed by atoms with Crippen LogP contribution in [0.3, 0.4) is 0 Å². The molecule has 5 nitrogen and oxygen atoms in total. The number of hydrogen-bond donors (Lipinski definition) is 0. The Morgan fingerprint density at radius 2 is 2.00 bits per heavy atom. The van der Waals surface area contributed by atoms with E-state index in [1.807, 2.05) is 42.6 Å². The molecule has 1 unspecified atom stereocenters. The zero-order valence-electron chi connectivity index (χ0n) is 13.8. The summed E-state index contributed by atoms with van der Waals surface area (Å²) in [5.41, 5.74) is 3.39. The molecule has 23 heavy (non-hydrogen) atoms. The van der Waals surface area contributed by atoms with Crippen molar-refractivity contribution in [3.05, 3.63) is 40.1 Å². The van der Waals surface area contributed by atoms with E-state index in [2.05, 4.69) is 21.8 Å². The molecular formula is C17H22N4OS. The summed E-state index contributed by atoms with van der Waals surface area (Å²) >= 11 is 1.57. The second-order valence-corrected chi connectivity index (χ2v) is 6.91. The molecule has 1 fully saturated rings. The van der Waals surface area contributed by atoms with Gasteiger partial charge in [-0.15, -0.1) is 11.3 Å². The van der Waals surface area contributed by atoms with Crippen LogP contribution < -0.4 is 4.90 Å². The summed E-state index contributed by atoms with van der Waals surface area (Å²) in [6, 6.07) is 2.03. The SMILES string of the molecule is Cc1csc(C(C)C(=O)N2CCN(c3cnccc3C)CC2)n1. The zero-order valence-corrected chi connectivity index (χ0v) is 14.6. The average molecular weight is 330 g/mol. The van der Waals surface area contributed by atoms with Crippen molar-refractivity contribution < 1.29 is 4.79 Å². The van der Waals surface area contributed by atoms with Gasteiger partial charge in [-0.25, -0.2) is 4.98 Å². The highest BCUT2D eigenvalue weighted by Crippen LogP contribution is 2.24. The highest BCUT2D eigenvalue weighted by Gasteiger charge is 2.27. The van der Waals surface area contributed by atoms with Crippen LogP contribution in [0.2, 0.25) is 0 Å². The smallest absolute Gasteiger partial charge is 0.232 e. The number of amides is 1. The maximum absolute atomic E-state index is 12.7. The van der Waals surface area contributed by atoms with Crippen molar-refractivity contribution in [1.29, 1.82) is 0 Å². The molecule has 2 aromatic heterocycles. The highest BCUT2D eigenvalue weighted by atomic mass is 32.1. The first-order chi connectivity index (χ1) is 11.1. The summed E-state index contributed by atoms with van der Waals surface area (Å²) in [6.45, 7) is 9.22. The molecule has 3 rings (SSSR count). The van der Waals surface area contributed by atoms with Gasteiger partial charge in [-0.05, 0) is 32.4 Å². The Bertz CT molecular complexity index is 691. The highest BCUT2D eigenvalue weighted by molar-refractivity contribution is 7.09. The molecule has 2 aromatic rings. The van der Waals surface area contributed by atoms with Crippen molar-refractivity contribution in [1.82, 2.24) is 14.9 Å². The topological polar surface area (TPSA) is 49.3 Å². The number of nitrogens with zero attached hydrogens (tertiary/aromatic N) is 4.